The van der Waals surface area contributed by atoms with Gasteiger partial charge in [0.05, 0.1) is 11.3 Å². The van der Waals surface area contributed by atoms with E-state index in [4.69, 9.17) is 0 Å². The van der Waals surface area contributed by atoms with E-state index < -0.39 is 9.84 Å². The molecule has 0 saturated carbocycles. The minimum absolute atomic E-state index is 0.0515. The Morgan fingerprint density at radius 1 is 1.04 bits per heavy atom. The zero-order valence-electron chi connectivity index (χ0n) is 12.6. The van der Waals surface area contributed by atoms with Gasteiger partial charge in [0.25, 0.3) is 0 Å². The molecule has 2 aromatic heterocycles. The van der Waals surface area contributed by atoms with Crippen LogP contribution in [0.3, 0.4) is 0 Å². The third-order valence-corrected chi connectivity index (χ3v) is 4.25. The largest absolute Gasteiger partial charge is 0.368 e. The molecule has 1 aromatic carbocycles. The van der Waals surface area contributed by atoms with Crippen LogP contribution < -0.4 is 5.32 Å². The molecule has 118 valence electrons. The van der Waals surface area contributed by atoms with Crippen molar-refractivity contribution < 1.29 is 8.42 Å². The van der Waals surface area contributed by atoms with Crippen LogP contribution >= 0.6 is 0 Å². The number of aromatic nitrogens is 3. The Labute approximate surface area is 134 Å². The van der Waals surface area contributed by atoms with Crippen LogP contribution in [0.5, 0.6) is 0 Å². The minimum atomic E-state index is -3.02. The standard InChI is InChI=1S/C16H16N4O2S/c1-23(21,22)11-10-18-16-13-4-2-3-5-14(13)19-15(20-16)12-6-8-17-9-7-12/h2-9H,10-11H2,1H3,(H,18,19,20). The van der Waals surface area contributed by atoms with Gasteiger partial charge in [-0.05, 0) is 24.3 Å². The summed E-state index contributed by atoms with van der Waals surface area (Å²) < 4.78 is 22.6. The molecule has 0 aliphatic rings. The van der Waals surface area contributed by atoms with E-state index in [2.05, 4.69) is 20.3 Å². The lowest BCUT2D eigenvalue weighted by molar-refractivity contribution is 0.602. The first-order valence-electron chi connectivity index (χ1n) is 7.12. The highest BCUT2D eigenvalue weighted by atomic mass is 32.2. The van der Waals surface area contributed by atoms with Gasteiger partial charge in [0.15, 0.2) is 5.82 Å². The van der Waals surface area contributed by atoms with Crippen LogP contribution in [-0.4, -0.2) is 41.9 Å². The van der Waals surface area contributed by atoms with E-state index in [0.717, 1.165) is 16.5 Å². The molecule has 0 bridgehead atoms. The molecule has 0 fully saturated rings. The molecule has 1 N–H and O–H groups in total. The van der Waals surface area contributed by atoms with E-state index in [1.165, 1.54) is 6.26 Å². The van der Waals surface area contributed by atoms with E-state index >= 15 is 0 Å². The molecule has 6 nitrogen and oxygen atoms in total. The maximum absolute atomic E-state index is 11.3. The van der Waals surface area contributed by atoms with Crippen LogP contribution in [0.2, 0.25) is 0 Å². The van der Waals surface area contributed by atoms with Gasteiger partial charge >= 0.3 is 0 Å². The molecule has 7 heteroatoms. The highest BCUT2D eigenvalue weighted by Gasteiger charge is 2.10. The molecule has 23 heavy (non-hydrogen) atoms. The van der Waals surface area contributed by atoms with E-state index in [0.29, 0.717) is 18.2 Å². The highest BCUT2D eigenvalue weighted by molar-refractivity contribution is 7.90. The second kappa shape index (κ2) is 6.29. The fourth-order valence-corrected chi connectivity index (χ4v) is 2.67. The highest BCUT2D eigenvalue weighted by Crippen LogP contribution is 2.24. The summed E-state index contributed by atoms with van der Waals surface area (Å²) in [6, 6.07) is 11.3. The van der Waals surface area contributed by atoms with Gasteiger partial charge in [-0.15, -0.1) is 0 Å². The van der Waals surface area contributed by atoms with Gasteiger partial charge in [-0.3, -0.25) is 4.98 Å². The first kappa shape index (κ1) is 15.4. The Balaban J connectivity index is 2.01. The summed E-state index contributed by atoms with van der Waals surface area (Å²) in [7, 11) is -3.02. The van der Waals surface area contributed by atoms with Crippen molar-refractivity contribution in [3.63, 3.8) is 0 Å². The van der Waals surface area contributed by atoms with Crippen LogP contribution in [0.15, 0.2) is 48.8 Å². The zero-order valence-corrected chi connectivity index (χ0v) is 13.4. The van der Waals surface area contributed by atoms with Gasteiger partial charge in [-0.2, -0.15) is 0 Å². The Morgan fingerprint density at radius 3 is 2.52 bits per heavy atom. The Morgan fingerprint density at radius 2 is 1.78 bits per heavy atom. The molecule has 0 spiro atoms. The van der Waals surface area contributed by atoms with E-state index in [1.807, 2.05) is 36.4 Å². The zero-order chi connectivity index (χ0) is 16.3. The fourth-order valence-electron chi connectivity index (χ4n) is 2.20. The number of hydrogen-bond donors (Lipinski definition) is 1. The van der Waals surface area contributed by atoms with Crippen molar-refractivity contribution in [3.8, 4) is 11.4 Å². The van der Waals surface area contributed by atoms with Crippen molar-refractivity contribution in [2.24, 2.45) is 0 Å². The first-order valence-corrected chi connectivity index (χ1v) is 9.18. The van der Waals surface area contributed by atoms with Gasteiger partial charge in [0.2, 0.25) is 0 Å². The Hall–Kier alpha value is -2.54. The van der Waals surface area contributed by atoms with Gasteiger partial charge in [0, 0.05) is 36.1 Å². The lowest BCUT2D eigenvalue weighted by Crippen LogP contribution is -2.15. The second-order valence-electron chi connectivity index (χ2n) is 5.21. The number of para-hydroxylation sites is 1. The molecular weight excluding hydrogens is 312 g/mol. The van der Waals surface area contributed by atoms with E-state index in [1.54, 1.807) is 12.4 Å². The Kier molecular flexibility index (Phi) is 4.20. The van der Waals surface area contributed by atoms with Crippen molar-refractivity contribution >= 4 is 26.6 Å². The number of benzene rings is 1. The van der Waals surface area contributed by atoms with Crippen molar-refractivity contribution in [2.45, 2.75) is 0 Å². The second-order valence-corrected chi connectivity index (χ2v) is 7.47. The molecule has 0 saturated heterocycles. The van der Waals surface area contributed by atoms with Crippen molar-refractivity contribution in [3.05, 3.63) is 48.8 Å². The number of anilines is 1. The Bertz CT molecular complexity index is 927. The number of sulfone groups is 1. The van der Waals surface area contributed by atoms with Crippen molar-refractivity contribution in [1.82, 2.24) is 15.0 Å². The van der Waals surface area contributed by atoms with Crippen molar-refractivity contribution in [2.75, 3.05) is 23.9 Å². The van der Waals surface area contributed by atoms with Crippen LogP contribution in [0.25, 0.3) is 22.3 Å². The third kappa shape index (κ3) is 3.81. The summed E-state index contributed by atoms with van der Waals surface area (Å²) in [6.45, 7) is 0.301. The molecule has 0 unspecified atom stereocenters. The fraction of sp³-hybridized carbons (Fsp3) is 0.188. The van der Waals surface area contributed by atoms with Crippen molar-refractivity contribution in [1.29, 1.82) is 0 Å². The SMILES string of the molecule is CS(=O)(=O)CCNc1nc(-c2ccncc2)nc2ccccc12. The lowest BCUT2D eigenvalue weighted by atomic mass is 10.2. The predicted octanol–water partition coefficient (Wildman–Crippen LogP) is 2.15. The summed E-state index contributed by atoms with van der Waals surface area (Å²) >= 11 is 0. The van der Waals surface area contributed by atoms with Crippen LogP contribution in [-0.2, 0) is 9.84 Å². The lowest BCUT2D eigenvalue weighted by Gasteiger charge is -2.10. The van der Waals surface area contributed by atoms with Gasteiger partial charge in [0.1, 0.15) is 15.7 Å². The maximum atomic E-state index is 11.3. The average Bonchev–Trinajstić information content (AvgIpc) is 2.54. The summed E-state index contributed by atoms with van der Waals surface area (Å²) in [4.78, 5) is 13.1. The molecule has 0 radical (unpaired) electrons. The normalized spacial score (nSPS) is 11.5. The summed E-state index contributed by atoms with van der Waals surface area (Å²) in [6.07, 6.45) is 4.59. The smallest absolute Gasteiger partial charge is 0.162 e. The molecular formula is C16H16N4O2S. The van der Waals surface area contributed by atoms with E-state index in [9.17, 15) is 8.42 Å². The maximum Gasteiger partial charge on any atom is 0.162 e. The molecule has 3 rings (SSSR count). The minimum Gasteiger partial charge on any atom is -0.368 e. The summed E-state index contributed by atoms with van der Waals surface area (Å²) in [5.74, 6) is 1.26. The molecule has 0 aliphatic heterocycles. The van der Waals surface area contributed by atoms with Crippen LogP contribution in [0.4, 0.5) is 5.82 Å². The molecule has 2 heterocycles. The average molecular weight is 328 g/mol. The van der Waals surface area contributed by atoms with Gasteiger partial charge in [-0.25, -0.2) is 18.4 Å². The summed E-state index contributed by atoms with van der Waals surface area (Å²) in [5.41, 5.74) is 1.66. The monoisotopic (exact) mass is 328 g/mol. The number of fused-ring (bicyclic) bond motifs is 1. The summed E-state index contributed by atoms with van der Waals surface area (Å²) in [5, 5.41) is 3.97. The van der Waals surface area contributed by atoms with Crippen LogP contribution in [0.1, 0.15) is 0 Å². The third-order valence-electron chi connectivity index (χ3n) is 3.31. The number of nitrogens with zero attached hydrogens (tertiary/aromatic N) is 3. The molecule has 0 amide bonds. The number of pyridine rings is 1. The van der Waals surface area contributed by atoms with Crippen LogP contribution in [0, 0.1) is 0 Å². The number of rotatable bonds is 5. The number of hydrogen-bond acceptors (Lipinski definition) is 6. The van der Waals surface area contributed by atoms with Gasteiger partial charge in [-0.1, -0.05) is 12.1 Å². The molecule has 3 aromatic rings. The quantitative estimate of drug-likeness (QED) is 0.772. The molecule has 0 atom stereocenters. The van der Waals surface area contributed by atoms with Gasteiger partial charge < -0.3 is 5.32 Å². The first-order chi connectivity index (χ1) is 11.0. The topological polar surface area (TPSA) is 84.8 Å². The number of nitrogens with one attached hydrogen (secondary N) is 1. The van der Waals surface area contributed by atoms with E-state index in [-0.39, 0.29) is 5.75 Å². The molecule has 0 aliphatic carbocycles. The predicted molar refractivity (Wildman–Crippen MR) is 91.0 cm³/mol.